The van der Waals surface area contributed by atoms with Crippen molar-refractivity contribution in [3.8, 4) is 5.75 Å². The molecule has 1 amide bonds. The topological polar surface area (TPSA) is 75.7 Å². The Kier molecular flexibility index (Phi) is 7.02. The van der Waals surface area contributed by atoms with Crippen LogP contribution in [-0.2, 0) is 16.6 Å². The summed E-state index contributed by atoms with van der Waals surface area (Å²) in [4.78, 5) is 15.6. The lowest BCUT2D eigenvalue weighted by atomic mass is 10.2. The number of ether oxygens (including phenoxy) is 1. The lowest BCUT2D eigenvalue weighted by Crippen LogP contribution is -2.30. The minimum absolute atomic E-state index is 0.0537. The van der Waals surface area contributed by atoms with E-state index in [-0.39, 0.29) is 10.8 Å². The number of hydrogen-bond acceptors (Lipinski definition) is 5. The Labute approximate surface area is 185 Å². The van der Waals surface area contributed by atoms with Crippen LogP contribution in [0.2, 0.25) is 4.34 Å². The van der Waals surface area contributed by atoms with Gasteiger partial charge in [0.05, 0.1) is 28.6 Å². The third kappa shape index (κ3) is 5.13. The van der Waals surface area contributed by atoms with Crippen LogP contribution in [0.1, 0.15) is 22.2 Å². The molecular weight excluding hydrogens is 444 g/mol. The number of sulfonamides is 1. The van der Waals surface area contributed by atoms with E-state index in [0.29, 0.717) is 34.4 Å². The predicted octanol–water partition coefficient (Wildman–Crippen LogP) is 4.87. The van der Waals surface area contributed by atoms with Gasteiger partial charge in [-0.3, -0.25) is 9.52 Å². The lowest BCUT2D eigenvalue weighted by molar-refractivity contribution is 0.0754. The number of anilines is 1. The summed E-state index contributed by atoms with van der Waals surface area (Å²) in [5, 5.41) is 0. The SMILES string of the molecule is CCN(Cc1ccc(Cl)s1)C(=O)c1ccc(S(=O)(=O)Nc2ccccc2OC)cc1. The second kappa shape index (κ2) is 9.51. The second-order valence-corrected chi connectivity index (χ2v) is 9.84. The summed E-state index contributed by atoms with van der Waals surface area (Å²) < 4.78 is 33.8. The minimum atomic E-state index is -3.83. The van der Waals surface area contributed by atoms with Crippen LogP contribution in [0.5, 0.6) is 5.75 Å². The average molecular weight is 465 g/mol. The molecular formula is C21H21ClN2O4S2. The average Bonchev–Trinajstić information content (AvgIpc) is 3.16. The normalized spacial score (nSPS) is 11.2. The van der Waals surface area contributed by atoms with Gasteiger partial charge in [-0.2, -0.15) is 0 Å². The van der Waals surface area contributed by atoms with E-state index >= 15 is 0 Å². The number of halogens is 1. The van der Waals surface area contributed by atoms with Gasteiger partial charge in [0.1, 0.15) is 5.75 Å². The summed E-state index contributed by atoms with van der Waals surface area (Å²) in [6, 6.07) is 16.3. The van der Waals surface area contributed by atoms with E-state index in [1.54, 1.807) is 35.2 Å². The Morgan fingerprint density at radius 1 is 1.10 bits per heavy atom. The van der Waals surface area contributed by atoms with Crippen LogP contribution >= 0.6 is 22.9 Å². The molecule has 1 heterocycles. The zero-order valence-electron chi connectivity index (χ0n) is 16.5. The van der Waals surface area contributed by atoms with Crippen molar-refractivity contribution < 1.29 is 17.9 Å². The molecule has 158 valence electrons. The van der Waals surface area contributed by atoms with Crippen molar-refractivity contribution >= 4 is 44.6 Å². The smallest absolute Gasteiger partial charge is 0.262 e. The van der Waals surface area contributed by atoms with Crippen molar-refractivity contribution in [3.05, 3.63) is 75.4 Å². The molecule has 0 unspecified atom stereocenters. The lowest BCUT2D eigenvalue weighted by Gasteiger charge is -2.20. The van der Waals surface area contributed by atoms with Gasteiger partial charge in [-0.25, -0.2) is 8.42 Å². The Hall–Kier alpha value is -2.55. The van der Waals surface area contributed by atoms with Gasteiger partial charge < -0.3 is 9.64 Å². The van der Waals surface area contributed by atoms with Crippen molar-refractivity contribution in [2.24, 2.45) is 0 Å². The number of nitrogens with zero attached hydrogens (tertiary/aromatic N) is 1. The molecule has 0 aliphatic rings. The number of nitrogens with one attached hydrogen (secondary N) is 1. The molecule has 2 aromatic carbocycles. The van der Waals surface area contributed by atoms with Crippen molar-refractivity contribution in [1.29, 1.82) is 0 Å². The van der Waals surface area contributed by atoms with Gasteiger partial charge in [0.15, 0.2) is 0 Å². The number of rotatable bonds is 8. The van der Waals surface area contributed by atoms with Crippen LogP contribution in [0.15, 0.2) is 65.6 Å². The number of hydrogen-bond donors (Lipinski definition) is 1. The molecule has 3 aromatic rings. The Balaban J connectivity index is 1.76. The number of carbonyl (C=O) groups is 1. The highest BCUT2D eigenvalue weighted by Crippen LogP contribution is 2.27. The first-order valence-corrected chi connectivity index (χ1v) is 11.8. The molecule has 3 rings (SSSR count). The molecule has 0 aliphatic carbocycles. The molecule has 1 N–H and O–H groups in total. The highest BCUT2D eigenvalue weighted by molar-refractivity contribution is 7.92. The van der Waals surface area contributed by atoms with Crippen LogP contribution in [0.3, 0.4) is 0 Å². The monoisotopic (exact) mass is 464 g/mol. The van der Waals surface area contributed by atoms with Gasteiger partial charge in [-0.05, 0) is 55.5 Å². The van der Waals surface area contributed by atoms with Crippen LogP contribution in [-0.4, -0.2) is 32.9 Å². The maximum Gasteiger partial charge on any atom is 0.262 e. The number of para-hydroxylation sites is 2. The van der Waals surface area contributed by atoms with E-state index in [9.17, 15) is 13.2 Å². The van der Waals surface area contributed by atoms with E-state index in [0.717, 1.165) is 4.88 Å². The first-order valence-electron chi connectivity index (χ1n) is 9.13. The summed E-state index contributed by atoms with van der Waals surface area (Å²) in [5.41, 5.74) is 0.752. The number of methoxy groups -OCH3 is 1. The Morgan fingerprint density at radius 3 is 2.40 bits per heavy atom. The summed E-state index contributed by atoms with van der Waals surface area (Å²) >= 11 is 7.39. The highest BCUT2D eigenvalue weighted by atomic mass is 35.5. The van der Waals surface area contributed by atoms with Gasteiger partial charge >= 0.3 is 0 Å². The van der Waals surface area contributed by atoms with Gasteiger partial charge in [0.2, 0.25) is 0 Å². The van der Waals surface area contributed by atoms with Crippen molar-refractivity contribution in [2.75, 3.05) is 18.4 Å². The maximum atomic E-state index is 12.8. The van der Waals surface area contributed by atoms with E-state index in [1.165, 1.54) is 42.7 Å². The zero-order valence-corrected chi connectivity index (χ0v) is 18.9. The van der Waals surface area contributed by atoms with Gasteiger partial charge in [0, 0.05) is 17.0 Å². The Bertz CT molecular complexity index is 1130. The standard InChI is InChI=1S/C21H21ClN2O4S2/c1-3-24(14-16-10-13-20(22)29-16)21(25)15-8-11-17(12-9-15)30(26,27)23-18-6-4-5-7-19(18)28-2/h4-13,23H,3,14H2,1-2H3. The summed E-state index contributed by atoms with van der Waals surface area (Å²) in [7, 11) is -2.36. The maximum absolute atomic E-state index is 12.8. The van der Waals surface area contributed by atoms with E-state index in [2.05, 4.69) is 4.72 Å². The summed E-state index contributed by atoms with van der Waals surface area (Å²) in [6.45, 7) is 2.86. The third-order valence-electron chi connectivity index (χ3n) is 4.41. The van der Waals surface area contributed by atoms with E-state index in [1.807, 2.05) is 13.0 Å². The quantitative estimate of drug-likeness (QED) is 0.515. The molecule has 0 atom stereocenters. The Morgan fingerprint density at radius 2 is 1.80 bits per heavy atom. The summed E-state index contributed by atoms with van der Waals surface area (Å²) in [6.07, 6.45) is 0. The first kappa shape index (κ1) is 22.1. The van der Waals surface area contributed by atoms with Crippen molar-refractivity contribution in [2.45, 2.75) is 18.4 Å². The number of carbonyl (C=O) groups excluding carboxylic acids is 1. The molecule has 0 radical (unpaired) electrons. The molecule has 9 heteroatoms. The molecule has 0 saturated heterocycles. The number of amides is 1. The molecule has 30 heavy (non-hydrogen) atoms. The molecule has 6 nitrogen and oxygen atoms in total. The van der Waals surface area contributed by atoms with E-state index < -0.39 is 10.0 Å². The third-order valence-corrected chi connectivity index (χ3v) is 7.00. The molecule has 0 spiro atoms. The first-order chi connectivity index (χ1) is 14.3. The summed E-state index contributed by atoms with van der Waals surface area (Å²) in [5.74, 6) is 0.240. The molecule has 0 fully saturated rings. The number of thiophene rings is 1. The van der Waals surface area contributed by atoms with Crippen LogP contribution in [0.4, 0.5) is 5.69 Å². The van der Waals surface area contributed by atoms with Crippen LogP contribution in [0, 0.1) is 0 Å². The van der Waals surface area contributed by atoms with Crippen molar-refractivity contribution in [1.82, 2.24) is 4.90 Å². The predicted molar refractivity (Wildman–Crippen MR) is 120 cm³/mol. The van der Waals surface area contributed by atoms with Gasteiger partial charge in [-0.15, -0.1) is 11.3 Å². The van der Waals surface area contributed by atoms with Gasteiger partial charge in [0.25, 0.3) is 15.9 Å². The fraction of sp³-hybridized carbons (Fsp3) is 0.190. The zero-order chi connectivity index (χ0) is 21.7. The fourth-order valence-electron chi connectivity index (χ4n) is 2.84. The van der Waals surface area contributed by atoms with Crippen molar-refractivity contribution in [3.63, 3.8) is 0 Å². The fourth-order valence-corrected chi connectivity index (χ4v) is 5.02. The van der Waals surface area contributed by atoms with E-state index in [4.69, 9.17) is 16.3 Å². The molecule has 0 bridgehead atoms. The molecule has 0 saturated carbocycles. The number of benzene rings is 2. The van der Waals surface area contributed by atoms with Crippen LogP contribution < -0.4 is 9.46 Å². The molecule has 1 aromatic heterocycles. The highest BCUT2D eigenvalue weighted by Gasteiger charge is 2.19. The second-order valence-electron chi connectivity index (χ2n) is 6.36. The minimum Gasteiger partial charge on any atom is -0.495 e. The van der Waals surface area contributed by atoms with Crippen LogP contribution in [0.25, 0.3) is 0 Å². The largest absolute Gasteiger partial charge is 0.495 e. The molecule has 0 aliphatic heterocycles. The van der Waals surface area contributed by atoms with Gasteiger partial charge in [-0.1, -0.05) is 23.7 Å².